The zero-order valence-corrected chi connectivity index (χ0v) is 11.8. The molecule has 0 saturated heterocycles. The van der Waals surface area contributed by atoms with Crippen molar-refractivity contribution in [1.82, 2.24) is 9.78 Å². The fourth-order valence-corrected chi connectivity index (χ4v) is 2.03. The minimum absolute atomic E-state index is 0.151. The molecule has 0 aliphatic rings. The summed E-state index contributed by atoms with van der Waals surface area (Å²) < 4.78 is 11.6. The molecule has 0 radical (unpaired) electrons. The Kier molecular flexibility index (Phi) is 3.65. The molecule has 20 heavy (non-hydrogen) atoms. The number of carbonyl (C=O) groups excluding carboxylic acids is 1. The summed E-state index contributed by atoms with van der Waals surface area (Å²) in [6, 6.07) is 4.84. The number of nitrogens with zero attached hydrogens (tertiary/aromatic N) is 2. The van der Waals surface area contributed by atoms with Crippen LogP contribution in [0.2, 0.25) is 0 Å². The average molecular weight is 276 g/mol. The number of rotatable bonds is 4. The number of ether oxygens (including phenoxy) is 2. The molecule has 2 aromatic rings. The summed E-state index contributed by atoms with van der Waals surface area (Å²) in [5, 5.41) is 13.9. The van der Waals surface area contributed by atoms with E-state index in [1.807, 2.05) is 0 Å². The first-order valence-corrected chi connectivity index (χ1v) is 5.98. The maximum atomic E-state index is 12.5. The molecule has 0 aliphatic carbocycles. The normalized spacial score (nSPS) is 10.4. The number of methoxy groups -OCH3 is 2. The molecular formula is C14H16N2O4. The zero-order valence-electron chi connectivity index (χ0n) is 11.8. The van der Waals surface area contributed by atoms with Crippen LogP contribution in [0.25, 0.3) is 0 Å². The molecule has 0 atom stereocenters. The molecule has 0 unspecified atom stereocenters. The van der Waals surface area contributed by atoms with Crippen molar-refractivity contribution in [3.8, 4) is 17.4 Å². The van der Waals surface area contributed by atoms with Crippen molar-refractivity contribution in [3.63, 3.8) is 0 Å². The Balaban J connectivity index is 2.48. The summed E-state index contributed by atoms with van der Waals surface area (Å²) in [5.74, 6) is 0.534. The molecule has 0 fully saturated rings. The SMILES string of the molecule is COc1ccc(C(=O)c2c(C)nn(C)c2O)cc1OC. The lowest BCUT2D eigenvalue weighted by Gasteiger charge is -2.09. The highest BCUT2D eigenvalue weighted by molar-refractivity contribution is 6.11. The molecule has 6 nitrogen and oxygen atoms in total. The van der Waals surface area contributed by atoms with Crippen LogP contribution in [0.4, 0.5) is 0 Å². The predicted molar refractivity (Wildman–Crippen MR) is 72.6 cm³/mol. The first kappa shape index (κ1) is 13.9. The summed E-state index contributed by atoms with van der Waals surface area (Å²) in [7, 11) is 4.60. The monoisotopic (exact) mass is 276 g/mol. The Morgan fingerprint density at radius 2 is 1.90 bits per heavy atom. The van der Waals surface area contributed by atoms with E-state index in [4.69, 9.17) is 9.47 Å². The van der Waals surface area contributed by atoms with Crippen LogP contribution in [0.15, 0.2) is 18.2 Å². The van der Waals surface area contributed by atoms with Crippen molar-refractivity contribution in [2.45, 2.75) is 6.92 Å². The summed E-state index contributed by atoms with van der Waals surface area (Å²) in [6.07, 6.45) is 0. The Bertz CT molecular complexity index is 661. The Hall–Kier alpha value is -2.50. The van der Waals surface area contributed by atoms with Crippen LogP contribution < -0.4 is 9.47 Å². The molecule has 1 aromatic heterocycles. The maximum Gasteiger partial charge on any atom is 0.220 e. The Labute approximate surface area is 116 Å². The maximum absolute atomic E-state index is 12.5. The van der Waals surface area contributed by atoms with E-state index >= 15 is 0 Å². The summed E-state index contributed by atoms with van der Waals surface area (Å²) >= 11 is 0. The van der Waals surface area contributed by atoms with Crippen molar-refractivity contribution in [3.05, 3.63) is 35.0 Å². The van der Waals surface area contributed by atoms with Gasteiger partial charge in [-0.1, -0.05) is 0 Å². The number of aryl methyl sites for hydroxylation is 2. The molecule has 1 heterocycles. The highest BCUT2D eigenvalue weighted by atomic mass is 16.5. The minimum Gasteiger partial charge on any atom is -0.493 e. The van der Waals surface area contributed by atoms with Crippen LogP contribution in [0.1, 0.15) is 21.6 Å². The van der Waals surface area contributed by atoms with Gasteiger partial charge in [-0.05, 0) is 25.1 Å². The van der Waals surface area contributed by atoms with Crippen LogP contribution in [-0.2, 0) is 7.05 Å². The average Bonchev–Trinajstić information content (AvgIpc) is 2.70. The molecule has 0 spiro atoms. The second-order valence-electron chi connectivity index (χ2n) is 4.31. The molecule has 1 N–H and O–H groups in total. The second-order valence-corrected chi connectivity index (χ2v) is 4.31. The third-order valence-corrected chi connectivity index (χ3v) is 3.06. The number of carbonyl (C=O) groups is 1. The summed E-state index contributed by atoms with van der Waals surface area (Å²) in [6.45, 7) is 1.67. The first-order valence-electron chi connectivity index (χ1n) is 5.98. The summed E-state index contributed by atoms with van der Waals surface area (Å²) in [4.78, 5) is 12.5. The van der Waals surface area contributed by atoms with Gasteiger partial charge in [0.25, 0.3) is 0 Å². The molecule has 0 bridgehead atoms. The van der Waals surface area contributed by atoms with Crippen molar-refractivity contribution >= 4 is 5.78 Å². The molecule has 0 amide bonds. The van der Waals surface area contributed by atoms with Gasteiger partial charge >= 0.3 is 0 Å². The number of benzene rings is 1. The van der Waals surface area contributed by atoms with E-state index in [0.29, 0.717) is 22.8 Å². The van der Waals surface area contributed by atoms with E-state index < -0.39 is 0 Å². The van der Waals surface area contributed by atoms with Crippen LogP contribution in [0.3, 0.4) is 0 Å². The highest BCUT2D eigenvalue weighted by Crippen LogP contribution is 2.30. The third kappa shape index (κ3) is 2.20. The number of ketones is 1. The van der Waals surface area contributed by atoms with Gasteiger partial charge in [0.15, 0.2) is 17.3 Å². The number of aromatic hydroxyl groups is 1. The van der Waals surface area contributed by atoms with E-state index in [0.717, 1.165) is 0 Å². The smallest absolute Gasteiger partial charge is 0.220 e. The molecule has 2 rings (SSSR count). The van der Waals surface area contributed by atoms with Crippen LogP contribution in [-0.4, -0.2) is 34.9 Å². The number of aromatic nitrogens is 2. The van der Waals surface area contributed by atoms with Crippen molar-refractivity contribution in [2.24, 2.45) is 7.05 Å². The van der Waals surface area contributed by atoms with E-state index in [1.165, 1.54) is 18.9 Å². The van der Waals surface area contributed by atoms with E-state index in [9.17, 15) is 9.90 Å². The van der Waals surface area contributed by atoms with Crippen LogP contribution in [0, 0.1) is 6.92 Å². The fourth-order valence-electron chi connectivity index (χ4n) is 2.03. The molecule has 0 saturated carbocycles. The van der Waals surface area contributed by atoms with Gasteiger partial charge in [-0.3, -0.25) is 4.79 Å². The Morgan fingerprint density at radius 3 is 2.40 bits per heavy atom. The van der Waals surface area contributed by atoms with Crippen LogP contribution in [0.5, 0.6) is 17.4 Å². The molecule has 1 aromatic carbocycles. The largest absolute Gasteiger partial charge is 0.493 e. The predicted octanol–water partition coefficient (Wildman–Crippen LogP) is 1.68. The fraction of sp³-hybridized carbons (Fsp3) is 0.286. The molecule has 6 heteroatoms. The lowest BCUT2D eigenvalue weighted by molar-refractivity contribution is 0.103. The standard InChI is InChI=1S/C14H16N2O4/c1-8-12(14(18)16(2)15-8)13(17)9-5-6-10(19-3)11(7-9)20-4/h5-7,18H,1-4H3. The van der Waals surface area contributed by atoms with Gasteiger partial charge in [-0.2, -0.15) is 5.10 Å². The van der Waals surface area contributed by atoms with Crippen molar-refractivity contribution in [2.75, 3.05) is 14.2 Å². The third-order valence-electron chi connectivity index (χ3n) is 3.06. The first-order chi connectivity index (χ1) is 9.49. The topological polar surface area (TPSA) is 73.6 Å². The number of hydrogen-bond donors (Lipinski definition) is 1. The quantitative estimate of drug-likeness (QED) is 0.860. The zero-order chi connectivity index (χ0) is 14.9. The van der Waals surface area contributed by atoms with E-state index in [1.54, 1.807) is 32.2 Å². The highest BCUT2D eigenvalue weighted by Gasteiger charge is 2.22. The molecule has 0 aliphatic heterocycles. The van der Waals surface area contributed by atoms with Gasteiger partial charge in [-0.25, -0.2) is 4.68 Å². The lowest BCUT2D eigenvalue weighted by Crippen LogP contribution is -2.03. The molecular weight excluding hydrogens is 260 g/mol. The van der Waals surface area contributed by atoms with Gasteiger partial charge < -0.3 is 14.6 Å². The van der Waals surface area contributed by atoms with E-state index in [-0.39, 0.29) is 17.2 Å². The minimum atomic E-state index is -0.311. The van der Waals surface area contributed by atoms with Gasteiger partial charge in [0, 0.05) is 12.6 Å². The van der Waals surface area contributed by atoms with Gasteiger partial charge in [0.2, 0.25) is 5.88 Å². The van der Waals surface area contributed by atoms with Crippen molar-refractivity contribution < 1.29 is 19.4 Å². The van der Waals surface area contributed by atoms with Gasteiger partial charge in [0.05, 0.1) is 19.9 Å². The second kappa shape index (κ2) is 5.24. The van der Waals surface area contributed by atoms with Crippen LogP contribution >= 0.6 is 0 Å². The van der Waals surface area contributed by atoms with Gasteiger partial charge in [-0.15, -0.1) is 0 Å². The van der Waals surface area contributed by atoms with Crippen molar-refractivity contribution in [1.29, 1.82) is 0 Å². The molecule has 106 valence electrons. The Morgan fingerprint density at radius 1 is 1.25 bits per heavy atom. The van der Waals surface area contributed by atoms with Gasteiger partial charge in [0.1, 0.15) is 5.56 Å². The lowest BCUT2D eigenvalue weighted by atomic mass is 10.0. The summed E-state index contributed by atoms with van der Waals surface area (Å²) in [5.41, 5.74) is 1.07. The van der Waals surface area contributed by atoms with E-state index in [2.05, 4.69) is 5.10 Å². The number of hydrogen-bond acceptors (Lipinski definition) is 5.